The van der Waals surface area contributed by atoms with Crippen molar-refractivity contribution in [3.63, 3.8) is 0 Å². The van der Waals surface area contributed by atoms with Crippen molar-refractivity contribution in [3.05, 3.63) is 28.2 Å². The molecule has 0 fully saturated rings. The summed E-state index contributed by atoms with van der Waals surface area (Å²) in [6, 6.07) is 6.23. The largest absolute Gasteiger partial charge is 0.496 e. The molecule has 0 aliphatic carbocycles. The highest BCUT2D eigenvalue weighted by Crippen LogP contribution is 2.25. The average Bonchev–Trinajstić information content (AvgIpc) is 2.41. The van der Waals surface area contributed by atoms with Crippen molar-refractivity contribution in [2.45, 2.75) is 39.5 Å². The lowest BCUT2D eigenvalue weighted by Crippen LogP contribution is -2.18. The molecule has 1 rings (SSSR count). The Morgan fingerprint density at radius 1 is 1.26 bits per heavy atom. The van der Waals surface area contributed by atoms with E-state index in [0.717, 1.165) is 35.7 Å². The zero-order valence-corrected chi connectivity index (χ0v) is 13.9. The Balaban J connectivity index is 2.36. The Hall–Kier alpha value is -0.540. The van der Waals surface area contributed by atoms with Crippen molar-refractivity contribution in [3.8, 4) is 5.75 Å². The van der Waals surface area contributed by atoms with Crippen LogP contribution >= 0.6 is 15.9 Å². The van der Waals surface area contributed by atoms with Crippen molar-refractivity contribution in [1.29, 1.82) is 0 Å². The molecule has 2 nitrogen and oxygen atoms in total. The standard InChI is InChI=1S/C16H26BrNO/c1-4-10-18-11-9-13(2)5-6-14-12-15(17)7-8-16(14)19-3/h7-8,12-13,18H,4-6,9-11H2,1-3H3. The number of hydrogen-bond donors (Lipinski definition) is 1. The van der Waals surface area contributed by atoms with Crippen molar-refractivity contribution in [1.82, 2.24) is 5.32 Å². The van der Waals surface area contributed by atoms with Crippen molar-refractivity contribution in [2.24, 2.45) is 5.92 Å². The van der Waals surface area contributed by atoms with E-state index in [0.29, 0.717) is 0 Å². The minimum atomic E-state index is 0.744. The van der Waals surface area contributed by atoms with Gasteiger partial charge >= 0.3 is 0 Å². The monoisotopic (exact) mass is 327 g/mol. The molecule has 0 bridgehead atoms. The number of ether oxygens (including phenoxy) is 1. The van der Waals surface area contributed by atoms with Gasteiger partial charge in [-0.3, -0.25) is 0 Å². The van der Waals surface area contributed by atoms with E-state index >= 15 is 0 Å². The number of methoxy groups -OCH3 is 1. The summed E-state index contributed by atoms with van der Waals surface area (Å²) in [5.74, 6) is 1.74. The fourth-order valence-corrected chi connectivity index (χ4v) is 2.55. The Labute approximate surface area is 126 Å². The molecular formula is C16H26BrNO. The van der Waals surface area contributed by atoms with E-state index in [1.165, 1.54) is 24.8 Å². The summed E-state index contributed by atoms with van der Waals surface area (Å²) in [5, 5.41) is 3.46. The molecule has 108 valence electrons. The number of hydrogen-bond acceptors (Lipinski definition) is 2. The molecule has 0 radical (unpaired) electrons. The molecule has 0 saturated carbocycles. The van der Waals surface area contributed by atoms with Gasteiger partial charge < -0.3 is 10.1 Å². The van der Waals surface area contributed by atoms with Gasteiger partial charge in [0.15, 0.2) is 0 Å². The summed E-state index contributed by atoms with van der Waals surface area (Å²) < 4.78 is 6.54. The average molecular weight is 328 g/mol. The third-order valence-electron chi connectivity index (χ3n) is 3.39. The minimum Gasteiger partial charge on any atom is -0.496 e. The molecule has 1 aromatic carbocycles. The van der Waals surface area contributed by atoms with Crippen LogP contribution in [0.5, 0.6) is 5.75 Å². The maximum atomic E-state index is 5.41. The second-order valence-corrected chi connectivity index (χ2v) is 6.05. The smallest absolute Gasteiger partial charge is 0.122 e. The summed E-state index contributed by atoms with van der Waals surface area (Å²) >= 11 is 3.53. The number of rotatable bonds is 9. The van der Waals surface area contributed by atoms with E-state index in [1.54, 1.807) is 7.11 Å². The van der Waals surface area contributed by atoms with E-state index in [-0.39, 0.29) is 0 Å². The van der Waals surface area contributed by atoms with Crippen LogP contribution in [0.1, 0.15) is 38.7 Å². The molecule has 0 aliphatic heterocycles. The fraction of sp³-hybridized carbons (Fsp3) is 0.625. The van der Waals surface area contributed by atoms with Crippen LogP contribution in [0.15, 0.2) is 22.7 Å². The van der Waals surface area contributed by atoms with Crippen LogP contribution < -0.4 is 10.1 Å². The lowest BCUT2D eigenvalue weighted by Gasteiger charge is -2.14. The lowest BCUT2D eigenvalue weighted by molar-refractivity contribution is 0.404. The van der Waals surface area contributed by atoms with Gasteiger partial charge in [0.25, 0.3) is 0 Å². The van der Waals surface area contributed by atoms with Gasteiger partial charge in [-0.15, -0.1) is 0 Å². The second kappa shape index (κ2) is 9.38. The second-order valence-electron chi connectivity index (χ2n) is 5.14. The van der Waals surface area contributed by atoms with Gasteiger partial charge in [0.05, 0.1) is 7.11 Å². The normalized spacial score (nSPS) is 12.4. The zero-order valence-electron chi connectivity index (χ0n) is 12.3. The summed E-state index contributed by atoms with van der Waals surface area (Å²) in [6.07, 6.45) is 4.75. The number of aryl methyl sites for hydroxylation is 1. The van der Waals surface area contributed by atoms with Gasteiger partial charge in [0, 0.05) is 4.47 Å². The first-order chi connectivity index (χ1) is 9.17. The van der Waals surface area contributed by atoms with Gasteiger partial charge in [-0.1, -0.05) is 29.8 Å². The Kier molecular flexibility index (Phi) is 8.15. The lowest BCUT2D eigenvalue weighted by atomic mass is 9.98. The van der Waals surface area contributed by atoms with Gasteiger partial charge in [-0.05, 0) is 68.5 Å². The van der Waals surface area contributed by atoms with E-state index in [9.17, 15) is 0 Å². The molecule has 0 heterocycles. The molecule has 0 amide bonds. The molecule has 19 heavy (non-hydrogen) atoms. The number of halogens is 1. The summed E-state index contributed by atoms with van der Waals surface area (Å²) in [7, 11) is 1.74. The van der Waals surface area contributed by atoms with Gasteiger partial charge in [0.1, 0.15) is 5.75 Å². The third-order valence-corrected chi connectivity index (χ3v) is 3.88. The SMILES string of the molecule is CCCNCCC(C)CCc1cc(Br)ccc1OC. The van der Waals surface area contributed by atoms with Gasteiger partial charge in [-0.2, -0.15) is 0 Å². The quantitative estimate of drug-likeness (QED) is 0.678. The van der Waals surface area contributed by atoms with Crippen LogP contribution in [0.4, 0.5) is 0 Å². The molecule has 0 saturated heterocycles. The molecule has 1 aromatic rings. The van der Waals surface area contributed by atoms with Crippen LogP contribution in [-0.4, -0.2) is 20.2 Å². The Bertz CT molecular complexity index is 368. The van der Waals surface area contributed by atoms with E-state index in [2.05, 4.69) is 41.2 Å². The molecule has 1 atom stereocenters. The highest BCUT2D eigenvalue weighted by Gasteiger charge is 2.07. The minimum absolute atomic E-state index is 0.744. The maximum Gasteiger partial charge on any atom is 0.122 e. The first-order valence-electron chi connectivity index (χ1n) is 7.20. The van der Waals surface area contributed by atoms with Crippen LogP contribution in [0, 0.1) is 5.92 Å². The third kappa shape index (κ3) is 6.44. The number of nitrogens with one attached hydrogen (secondary N) is 1. The first-order valence-corrected chi connectivity index (χ1v) is 7.99. The molecule has 3 heteroatoms. The van der Waals surface area contributed by atoms with Gasteiger partial charge in [-0.25, -0.2) is 0 Å². The van der Waals surface area contributed by atoms with Crippen LogP contribution in [0.25, 0.3) is 0 Å². The summed E-state index contributed by atoms with van der Waals surface area (Å²) in [6.45, 7) is 6.80. The zero-order chi connectivity index (χ0) is 14.1. The van der Waals surface area contributed by atoms with Crippen molar-refractivity contribution >= 4 is 15.9 Å². The highest BCUT2D eigenvalue weighted by atomic mass is 79.9. The van der Waals surface area contributed by atoms with E-state index in [1.807, 2.05) is 12.1 Å². The molecule has 1 unspecified atom stereocenters. The molecular weight excluding hydrogens is 302 g/mol. The topological polar surface area (TPSA) is 21.3 Å². The molecule has 1 N–H and O–H groups in total. The van der Waals surface area contributed by atoms with Crippen molar-refractivity contribution in [2.75, 3.05) is 20.2 Å². The van der Waals surface area contributed by atoms with E-state index in [4.69, 9.17) is 4.74 Å². The van der Waals surface area contributed by atoms with E-state index < -0.39 is 0 Å². The number of benzene rings is 1. The molecule has 0 spiro atoms. The predicted molar refractivity (Wildman–Crippen MR) is 86.0 cm³/mol. The predicted octanol–water partition coefficient (Wildman–Crippen LogP) is 4.42. The summed E-state index contributed by atoms with van der Waals surface area (Å²) in [4.78, 5) is 0. The molecule has 0 aromatic heterocycles. The van der Waals surface area contributed by atoms with Crippen LogP contribution in [0.3, 0.4) is 0 Å². The van der Waals surface area contributed by atoms with Crippen LogP contribution in [0.2, 0.25) is 0 Å². The Morgan fingerprint density at radius 2 is 2.05 bits per heavy atom. The first kappa shape index (κ1) is 16.5. The fourth-order valence-electron chi connectivity index (χ4n) is 2.14. The van der Waals surface area contributed by atoms with Crippen LogP contribution in [-0.2, 0) is 6.42 Å². The van der Waals surface area contributed by atoms with Gasteiger partial charge in [0.2, 0.25) is 0 Å². The van der Waals surface area contributed by atoms with Crippen molar-refractivity contribution < 1.29 is 4.74 Å². The Morgan fingerprint density at radius 3 is 2.74 bits per heavy atom. The highest BCUT2D eigenvalue weighted by molar-refractivity contribution is 9.10. The maximum absolute atomic E-state index is 5.41. The summed E-state index contributed by atoms with van der Waals surface area (Å²) in [5.41, 5.74) is 1.30. The molecule has 0 aliphatic rings.